The highest BCUT2D eigenvalue weighted by atomic mass is 79.9. The van der Waals surface area contributed by atoms with Gasteiger partial charge in [-0.3, -0.25) is 4.79 Å². The fraction of sp³-hybridized carbons (Fsp3) is 0.316. The Morgan fingerprint density at radius 2 is 1.86 bits per heavy atom. The van der Waals surface area contributed by atoms with Gasteiger partial charge in [-0.15, -0.1) is 0 Å². The first-order chi connectivity index (χ1) is 13.6. The fourth-order valence-electron chi connectivity index (χ4n) is 2.71. The predicted molar refractivity (Wildman–Crippen MR) is 111 cm³/mol. The Balaban J connectivity index is 1.80. The van der Waals surface area contributed by atoms with E-state index < -0.39 is 21.7 Å². The minimum Gasteiger partial charge on any atom is -0.449 e. The lowest BCUT2D eigenvalue weighted by molar-refractivity contribution is -0.0431. The number of amides is 1. The molecule has 8 nitrogen and oxygen atoms in total. The first-order valence-electron chi connectivity index (χ1n) is 8.73. The maximum Gasteiger partial charge on any atom is 0.256 e. The molecular weight excluding hydrogens is 464 g/mol. The van der Waals surface area contributed by atoms with E-state index in [2.05, 4.69) is 26.0 Å². The summed E-state index contributed by atoms with van der Waals surface area (Å²) in [6.45, 7) is 3.94. The summed E-state index contributed by atoms with van der Waals surface area (Å²) in [4.78, 5) is 12.7. The number of hydrogen-bond donors (Lipinski definition) is 2. The van der Waals surface area contributed by atoms with E-state index in [1.165, 1.54) is 25.3 Å². The SMILES string of the molecule is COCCNS(=O)(=O)c1ccc(Br)c(C(=O)Nc2ccc3c(c2)OC(C)(C)O3)c1. The second kappa shape index (κ2) is 8.31. The lowest BCUT2D eigenvalue weighted by atomic mass is 10.2. The zero-order valence-electron chi connectivity index (χ0n) is 16.1. The van der Waals surface area contributed by atoms with Crippen LogP contribution >= 0.6 is 15.9 Å². The number of rotatable bonds is 7. The molecule has 0 saturated carbocycles. The quantitative estimate of drug-likeness (QED) is 0.585. The van der Waals surface area contributed by atoms with Gasteiger partial charge in [0.25, 0.3) is 5.91 Å². The molecule has 0 fully saturated rings. The number of methoxy groups -OCH3 is 1. The molecular formula is C19H21BrN2O6S. The topological polar surface area (TPSA) is 103 Å². The van der Waals surface area contributed by atoms with E-state index in [-0.39, 0.29) is 23.6 Å². The van der Waals surface area contributed by atoms with Crippen molar-refractivity contribution >= 4 is 37.5 Å². The molecule has 2 aromatic carbocycles. The highest BCUT2D eigenvalue weighted by Crippen LogP contribution is 2.40. The lowest BCUT2D eigenvalue weighted by Crippen LogP contribution is -2.29. The van der Waals surface area contributed by atoms with Gasteiger partial charge in [0.1, 0.15) is 0 Å². The van der Waals surface area contributed by atoms with Crippen molar-refractivity contribution in [2.24, 2.45) is 0 Å². The van der Waals surface area contributed by atoms with Crippen molar-refractivity contribution in [2.75, 3.05) is 25.6 Å². The highest BCUT2D eigenvalue weighted by molar-refractivity contribution is 9.10. The highest BCUT2D eigenvalue weighted by Gasteiger charge is 2.31. The predicted octanol–water partition coefficient (Wildman–Crippen LogP) is 3.13. The standard InChI is InChI=1S/C19H21BrN2O6S/c1-19(2)27-16-7-4-12(10-17(16)28-19)22-18(23)14-11-13(5-6-15(14)20)29(24,25)21-8-9-26-3/h4-7,10-11,21H,8-9H2,1-3H3,(H,22,23). The molecule has 0 saturated heterocycles. The van der Waals surface area contributed by atoms with Gasteiger partial charge in [0, 0.05) is 43.7 Å². The lowest BCUT2D eigenvalue weighted by Gasteiger charge is -2.16. The Kier molecular flexibility index (Phi) is 6.18. The second-order valence-corrected chi connectivity index (χ2v) is 9.37. The molecule has 1 heterocycles. The van der Waals surface area contributed by atoms with Crippen molar-refractivity contribution < 1.29 is 27.4 Å². The Morgan fingerprint density at radius 1 is 1.14 bits per heavy atom. The van der Waals surface area contributed by atoms with Crippen molar-refractivity contribution in [2.45, 2.75) is 24.5 Å². The van der Waals surface area contributed by atoms with Crippen LogP contribution in [0.2, 0.25) is 0 Å². The first kappa shape index (κ1) is 21.6. The third-order valence-electron chi connectivity index (χ3n) is 4.00. The number of benzene rings is 2. The number of nitrogens with one attached hydrogen (secondary N) is 2. The minimum absolute atomic E-state index is 0.0191. The molecule has 1 aliphatic rings. The number of hydrogen-bond acceptors (Lipinski definition) is 6. The second-order valence-electron chi connectivity index (χ2n) is 6.75. The Bertz CT molecular complexity index is 1040. The van der Waals surface area contributed by atoms with E-state index >= 15 is 0 Å². The van der Waals surface area contributed by atoms with Crippen LogP contribution < -0.4 is 19.5 Å². The summed E-state index contributed by atoms with van der Waals surface area (Å²) >= 11 is 3.30. The number of carbonyl (C=O) groups excluding carboxylic acids is 1. The van der Waals surface area contributed by atoms with Crippen LogP contribution in [0.25, 0.3) is 0 Å². The van der Waals surface area contributed by atoms with Crippen LogP contribution in [0.15, 0.2) is 45.8 Å². The number of sulfonamides is 1. The Hall–Kier alpha value is -2.14. The number of halogens is 1. The van der Waals surface area contributed by atoms with Gasteiger partial charge in [-0.05, 0) is 46.3 Å². The average molecular weight is 485 g/mol. The van der Waals surface area contributed by atoms with E-state index in [0.717, 1.165) is 0 Å². The number of anilines is 1. The molecule has 0 unspecified atom stereocenters. The van der Waals surface area contributed by atoms with Gasteiger partial charge in [-0.2, -0.15) is 0 Å². The minimum atomic E-state index is -3.77. The molecule has 0 aromatic heterocycles. The van der Waals surface area contributed by atoms with Gasteiger partial charge in [0.2, 0.25) is 15.8 Å². The van der Waals surface area contributed by atoms with Gasteiger partial charge in [0.05, 0.1) is 17.1 Å². The Labute approximate surface area is 177 Å². The van der Waals surface area contributed by atoms with Crippen LogP contribution in [0, 0.1) is 0 Å². The largest absolute Gasteiger partial charge is 0.449 e. The fourth-order valence-corrected chi connectivity index (χ4v) is 4.17. The molecule has 0 bridgehead atoms. The van der Waals surface area contributed by atoms with Gasteiger partial charge < -0.3 is 19.5 Å². The van der Waals surface area contributed by atoms with E-state index in [1.54, 1.807) is 32.0 Å². The molecule has 156 valence electrons. The third-order valence-corrected chi connectivity index (χ3v) is 6.15. The summed E-state index contributed by atoms with van der Waals surface area (Å²) in [6.07, 6.45) is 0. The molecule has 0 atom stereocenters. The normalized spacial score (nSPS) is 14.6. The van der Waals surface area contributed by atoms with Crippen LogP contribution in [-0.2, 0) is 14.8 Å². The van der Waals surface area contributed by atoms with Gasteiger partial charge >= 0.3 is 0 Å². The van der Waals surface area contributed by atoms with Crippen LogP contribution in [0.1, 0.15) is 24.2 Å². The van der Waals surface area contributed by atoms with E-state index in [4.69, 9.17) is 14.2 Å². The van der Waals surface area contributed by atoms with Crippen LogP contribution in [0.4, 0.5) is 5.69 Å². The molecule has 0 aliphatic carbocycles. The van der Waals surface area contributed by atoms with Crippen LogP contribution in [-0.4, -0.2) is 40.4 Å². The monoisotopic (exact) mass is 484 g/mol. The molecule has 1 aliphatic heterocycles. The zero-order chi connectivity index (χ0) is 21.2. The molecule has 0 spiro atoms. The number of fused-ring (bicyclic) bond motifs is 1. The maximum absolute atomic E-state index is 12.8. The summed E-state index contributed by atoms with van der Waals surface area (Å²) in [5.41, 5.74) is 0.672. The van der Waals surface area contributed by atoms with Gasteiger partial charge in [-0.25, -0.2) is 13.1 Å². The molecule has 1 amide bonds. The summed E-state index contributed by atoms with van der Waals surface area (Å²) in [5, 5.41) is 2.75. The molecule has 29 heavy (non-hydrogen) atoms. The summed E-state index contributed by atoms with van der Waals surface area (Å²) in [5.74, 6) is -0.133. The van der Waals surface area contributed by atoms with Crippen molar-refractivity contribution in [1.29, 1.82) is 0 Å². The zero-order valence-corrected chi connectivity index (χ0v) is 18.5. The smallest absolute Gasteiger partial charge is 0.256 e. The summed E-state index contributed by atoms with van der Waals surface area (Å²) < 4.78 is 43.8. The maximum atomic E-state index is 12.8. The molecule has 3 rings (SSSR count). The van der Waals surface area contributed by atoms with Crippen LogP contribution in [0.3, 0.4) is 0 Å². The van der Waals surface area contributed by atoms with E-state index in [9.17, 15) is 13.2 Å². The van der Waals surface area contributed by atoms with E-state index in [1.807, 2.05) is 0 Å². The van der Waals surface area contributed by atoms with Crippen molar-refractivity contribution in [3.8, 4) is 11.5 Å². The number of carbonyl (C=O) groups is 1. The average Bonchev–Trinajstić information content (AvgIpc) is 2.95. The summed E-state index contributed by atoms with van der Waals surface area (Å²) in [6, 6.07) is 9.28. The van der Waals surface area contributed by atoms with E-state index in [0.29, 0.717) is 21.7 Å². The van der Waals surface area contributed by atoms with Crippen LogP contribution in [0.5, 0.6) is 11.5 Å². The van der Waals surface area contributed by atoms with Gasteiger partial charge in [0.15, 0.2) is 11.5 Å². The van der Waals surface area contributed by atoms with Crippen molar-refractivity contribution in [3.05, 3.63) is 46.4 Å². The van der Waals surface area contributed by atoms with Gasteiger partial charge in [-0.1, -0.05) is 0 Å². The molecule has 0 radical (unpaired) electrons. The van der Waals surface area contributed by atoms with Crippen molar-refractivity contribution in [1.82, 2.24) is 4.72 Å². The third kappa shape index (κ3) is 5.08. The number of ether oxygens (including phenoxy) is 3. The summed E-state index contributed by atoms with van der Waals surface area (Å²) in [7, 11) is -2.29. The molecule has 10 heteroatoms. The Morgan fingerprint density at radius 3 is 2.59 bits per heavy atom. The molecule has 2 aromatic rings. The van der Waals surface area contributed by atoms with Crippen molar-refractivity contribution in [3.63, 3.8) is 0 Å². The molecule has 2 N–H and O–H groups in total. The first-order valence-corrected chi connectivity index (χ1v) is 11.0.